The van der Waals surface area contributed by atoms with E-state index < -0.39 is 0 Å². The molecule has 0 saturated heterocycles. The normalized spacial score (nSPS) is 33.5. The van der Waals surface area contributed by atoms with Crippen LogP contribution in [-0.4, -0.2) is 23.0 Å². The lowest BCUT2D eigenvalue weighted by Crippen LogP contribution is -2.35. The second kappa shape index (κ2) is 6.67. The molecule has 0 aromatic heterocycles. The Hall–Kier alpha value is -0.180. The highest BCUT2D eigenvalue weighted by Gasteiger charge is 2.23. The zero-order valence-electron chi connectivity index (χ0n) is 11.2. The maximum absolute atomic E-state index is 4.72. The molecule has 1 atom stereocenters. The minimum absolute atomic E-state index is 0.568. The van der Waals surface area contributed by atoms with Gasteiger partial charge in [0.25, 0.3) is 0 Å². The van der Waals surface area contributed by atoms with Gasteiger partial charge in [0.05, 0.1) is 6.04 Å². The molecule has 1 aliphatic heterocycles. The van der Waals surface area contributed by atoms with E-state index in [-0.39, 0.29) is 0 Å². The van der Waals surface area contributed by atoms with Crippen LogP contribution in [0.3, 0.4) is 0 Å². The van der Waals surface area contributed by atoms with E-state index in [1.807, 2.05) is 11.8 Å². The van der Waals surface area contributed by atoms with E-state index >= 15 is 0 Å². The monoisotopic (exact) mass is 254 g/mol. The van der Waals surface area contributed by atoms with E-state index in [0.717, 1.165) is 5.92 Å². The van der Waals surface area contributed by atoms with Crippen LogP contribution in [0, 0.1) is 5.92 Å². The average molecular weight is 254 g/mol. The molecule has 1 saturated carbocycles. The first-order valence-corrected chi connectivity index (χ1v) is 8.27. The van der Waals surface area contributed by atoms with Crippen LogP contribution in [0.25, 0.3) is 0 Å². The summed E-state index contributed by atoms with van der Waals surface area (Å²) < 4.78 is 0. The van der Waals surface area contributed by atoms with E-state index in [4.69, 9.17) is 4.99 Å². The lowest BCUT2D eigenvalue weighted by molar-refractivity contribution is 0.296. The third-order valence-electron chi connectivity index (χ3n) is 4.05. The molecule has 1 fully saturated rings. The second-order valence-corrected chi connectivity index (χ2v) is 6.47. The summed E-state index contributed by atoms with van der Waals surface area (Å²) in [5, 5.41) is 4.88. The topological polar surface area (TPSA) is 24.4 Å². The largest absolute Gasteiger partial charge is 0.362 e. The molecule has 0 aromatic carbocycles. The highest BCUT2D eigenvalue weighted by atomic mass is 32.2. The second-order valence-electron chi connectivity index (χ2n) is 5.46. The van der Waals surface area contributed by atoms with Crippen LogP contribution in [0.5, 0.6) is 0 Å². The molecule has 2 aliphatic rings. The van der Waals surface area contributed by atoms with Gasteiger partial charge in [-0.25, -0.2) is 0 Å². The van der Waals surface area contributed by atoms with Gasteiger partial charge in [-0.3, -0.25) is 4.99 Å². The van der Waals surface area contributed by atoms with Gasteiger partial charge in [0, 0.05) is 11.8 Å². The quantitative estimate of drug-likeness (QED) is 0.825. The van der Waals surface area contributed by atoms with Crippen molar-refractivity contribution in [3.8, 4) is 0 Å². The zero-order valence-corrected chi connectivity index (χ0v) is 12.1. The lowest BCUT2D eigenvalue weighted by Gasteiger charge is -2.29. The van der Waals surface area contributed by atoms with Crippen molar-refractivity contribution in [2.24, 2.45) is 10.9 Å². The van der Waals surface area contributed by atoms with Gasteiger partial charge in [-0.05, 0) is 38.0 Å². The maximum Gasteiger partial charge on any atom is 0.157 e. The smallest absolute Gasteiger partial charge is 0.157 e. The number of hydrogen-bond acceptors (Lipinski definition) is 3. The Morgan fingerprint density at radius 1 is 1.24 bits per heavy atom. The van der Waals surface area contributed by atoms with Crippen LogP contribution in [0.4, 0.5) is 0 Å². The molecule has 3 heteroatoms. The van der Waals surface area contributed by atoms with Gasteiger partial charge in [-0.1, -0.05) is 38.5 Å². The summed E-state index contributed by atoms with van der Waals surface area (Å²) in [7, 11) is 0. The first-order valence-electron chi connectivity index (χ1n) is 7.29. The van der Waals surface area contributed by atoms with Crippen molar-refractivity contribution < 1.29 is 0 Å². The number of nitrogens with zero attached hydrogens (tertiary/aromatic N) is 1. The number of hydrogen-bond donors (Lipinski definition) is 1. The average Bonchev–Trinajstić information content (AvgIpc) is 2.80. The van der Waals surface area contributed by atoms with E-state index in [1.54, 1.807) is 0 Å². The number of thioether (sulfide) groups is 1. The molecule has 17 heavy (non-hydrogen) atoms. The Morgan fingerprint density at radius 2 is 2.00 bits per heavy atom. The molecule has 0 spiro atoms. The van der Waals surface area contributed by atoms with Crippen LogP contribution in [0.15, 0.2) is 4.99 Å². The molecule has 1 N–H and O–H groups in total. The first kappa shape index (κ1) is 13.3. The fourth-order valence-corrected chi connectivity index (χ4v) is 4.02. The minimum Gasteiger partial charge on any atom is -0.362 e. The molecule has 0 amide bonds. The van der Waals surface area contributed by atoms with Crippen LogP contribution >= 0.6 is 11.8 Å². The number of aliphatic imine (C=N–C) groups is 1. The molecule has 0 bridgehead atoms. The summed E-state index contributed by atoms with van der Waals surface area (Å²) >= 11 is 1.92. The van der Waals surface area contributed by atoms with Crippen molar-refractivity contribution in [2.75, 3.05) is 5.75 Å². The standard InChI is InChI=1S/C14H26N2S/c1-3-5-11-6-8-13(9-7-11)16-14-15-12(4-2)10-17-14/h11-13H,3-10H2,1-2H3,(H,15,16). The SMILES string of the molecule is CCCC1CCC(NC2=NC(CC)CS2)CC1. The summed E-state index contributed by atoms with van der Waals surface area (Å²) in [6, 6.07) is 1.27. The van der Waals surface area contributed by atoms with E-state index in [1.165, 1.54) is 55.9 Å². The minimum atomic E-state index is 0.568. The van der Waals surface area contributed by atoms with Crippen molar-refractivity contribution >= 4 is 16.9 Å². The molecule has 1 aliphatic carbocycles. The fraction of sp³-hybridized carbons (Fsp3) is 0.929. The lowest BCUT2D eigenvalue weighted by atomic mass is 9.83. The molecular weight excluding hydrogens is 228 g/mol. The van der Waals surface area contributed by atoms with Crippen molar-refractivity contribution in [1.29, 1.82) is 0 Å². The third kappa shape index (κ3) is 3.90. The predicted octanol–water partition coefficient (Wildman–Crippen LogP) is 3.82. The van der Waals surface area contributed by atoms with Crippen molar-refractivity contribution in [1.82, 2.24) is 5.32 Å². The Kier molecular flexibility index (Phi) is 5.20. The van der Waals surface area contributed by atoms with E-state index in [9.17, 15) is 0 Å². The van der Waals surface area contributed by atoms with Crippen LogP contribution in [0.2, 0.25) is 0 Å². The highest BCUT2D eigenvalue weighted by Crippen LogP contribution is 2.28. The van der Waals surface area contributed by atoms with Gasteiger partial charge >= 0.3 is 0 Å². The Bertz CT molecular complexity index is 257. The Balaban J connectivity index is 1.71. The number of nitrogens with one attached hydrogen (secondary N) is 1. The molecule has 0 aromatic rings. The third-order valence-corrected chi connectivity index (χ3v) is 5.10. The predicted molar refractivity (Wildman–Crippen MR) is 77.8 cm³/mol. The van der Waals surface area contributed by atoms with Gasteiger partial charge in [-0.2, -0.15) is 0 Å². The van der Waals surface area contributed by atoms with Crippen molar-refractivity contribution in [3.63, 3.8) is 0 Å². The fourth-order valence-electron chi connectivity index (χ4n) is 2.88. The molecule has 1 unspecified atom stereocenters. The van der Waals surface area contributed by atoms with Crippen molar-refractivity contribution in [3.05, 3.63) is 0 Å². The Morgan fingerprint density at radius 3 is 2.59 bits per heavy atom. The van der Waals surface area contributed by atoms with Crippen LogP contribution in [-0.2, 0) is 0 Å². The summed E-state index contributed by atoms with van der Waals surface area (Å²) in [5.41, 5.74) is 0. The molecular formula is C14H26N2S. The molecule has 1 heterocycles. The first-order chi connectivity index (χ1) is 8.31. The molecule has 2 nitrogen and oxygen atoms in total. The van der Waals surface area contributed by atoms with Gasteiger partial charge in [0.15, 0.2) is 5.17 Å². The summed E-state index contributed by atoms with van der Waals surface area (Å²) in [6.07, 6.45) is 9.49. The van der Waals surface area contributed by atoms with E-state index in [2.05, 4.69) is 19.2 Å². The highest BCUT2D eigenvalue weighted by molar-refractivity contribution is 8.14. The zero-order chi connectivity index (χ0) is 12.1. The molecule has 0 radical (unpaired) electrons. The summed E-state index contributed by atoms with van der Waals surface area (Å²) in [6.45, 7) is 4.53. The summed E-state index contributed by atoms with van der Waals surface area (Å²) in [5.74, 6) is 2.18. The van der Waals surface area contributed by atoms with E-state index in [0.29, 0.717) is 12.1 Å². The van der Waals surface area contributed by atoms with Gasteiger partial charge < -0.3 is 5.32 Å². The number of rotatable bonds is 4. The van der Waals surface area contributed by atoms with Crippen LogP contribution < -0.4 is 5.32 Å². The molecule has 98 valence electrons. The number of amidine groups is 1. The summed E-state index contributed by atoms with van der Waals surface area (Å²) in [4.78, 5) is 4.72. The van der Waals surface area contributed by atoms with Gasteiger partial charge in [0.1, 0.15) is 0 Å². The maximum atomic E-state index is 4.72. The molecule has 2 rings (SSSR count). The van der Waals surface area contributed by atoms with Crippen LogP contribution in [0.1, 0.15) is 58.8 Å². The van der Waals surface area contributed by atoms with Crippen molar-refractivity contribution in [2.45, 2.75) is 70.9 Å². The van der Waals surface area contributed by atoms with Gasteiger partial charge in [0.2, 0.25) is 0 Å². The van der Waals surface area contributed by atoms with Gasteiger partial charge in [-0.15, -0.1) is 0 Å². The Labute approximate surface area is 110 Å².